The van der Waals surface area contributed by atoms with Gasteiger partial charge in [0, 0.05) is 18.2 Å². The second-order valence-electron chi connectivity index (χ2n) is 5.98. The normalized spacial score (nSPS) is 20.0. The molecule has 1 aliphatic heterocycles. The summed E-state index contributed by atoms with van der Waals surface area (Å²) >= 11 is 0. The fourth-order valence-corrected chi connectivity index (χ4v) is 2.95. The van der Waals surface area contributed by atoms with E-state index in [2.05, 4.69) is 0 Å². The zero-order valence-electron chi connectivity index (χ0n) is 13.5. The minimum atomic E-state index is -0.615. The standard InChI is InChI=1S/C18H18N2O4/c1-12(2)19-16(13-8-10-14(11-9-13)20(22)23)17(18(19)21)24-15-6-4-3-5-7-15/h3-12,16-17H,1-2H3/t16-,17+/m1/s1. The van der Waals surface area contributed by atoms with Gasteiger partial charge in [-0.1, -0.05) is 18.2 Å². The molecule has 2 atom stereocenters. The Kier molecular flexibility index (Phi) is 4.20. The van der Waals surface area contributed by atoms with E-state index in [0.29, 0.717) is 5.75 Å². The van der Waals surface area contributed by atoms with Crippen LogP contribution in [0.1, 0.15) is 25.5 Å². The van der Waals surface area contributed by atoms with Crippen LogP contribution in [0.2, 0.25) is 0 Å². The van der Waals surface area contributed by atoms with Gasteiger partial charge in [0.05, 0.1) is 4.92 Å². The van der Waals surface area contributed by atoms with Gasteiger partial charge in [0.15, 0.2) is 0 Å². The highest BCUT2D eigenvalue weighted by atomic mass is 16.6. The molecule has 0 N–H and O–H groups in total. The smallest absolute Gasteiger partial charge is 0.269 e. The van der Waals surface area contributed by atoms with Gasteiger partial charge in [-0.25, -0.2) is 0 Å². The Morgan fingerprint density at radius 2 is 1.71 bits per heavy atom. The highest BCUT2D eigenvalue weighted by Gasteiger charge is 2.51. The quantitative estimate of drug-likeness (QED) is 0.480. The number of nitro groups is 1. The van der Waals surface area contributed by atoms with Crippen molar-refractivity contribution in [1.82, 2.24) is 4.90 Å². The molecule has 1 heterocycles. The lowest BCUT2D eigenvalue weighted by Crippen LogP contribution is -2.63. The number of likely N-dealkylation sites (tertiary alicyclic amines) is 1. The number of β-lactam (4-membered cyclic amide) rings is 1. The largest absolute Gasteiger partial charge is 0.478 e. The van der Waals surface area contributed by atoms with Crippen LogP contribution < -0.4 is 4.74 Å². The first-order valence-corrected chi connectivity index (χ1v) is 7.77. The molecule has 6 heteroatoms. The molecule has 0 radical (unpaired) electrons. The number of para-hydroxylation sites is 1. The van der Waals surface area contributed by atoms with Crippen molar-refractivity contribution in [3.05, 3.63) is 70.3 Å². The van der Waals surface area contributed by atoms with Gasteiger partial charge in [-0.05, 0) is 43.7 Å². The van der Waals surface area contributed by atoms with Crippen molar-refractivity contribution in [3.8, 4) is 5.75 Å². The van der Waals surface area contributed by atoms with Crippen LogP contribution in [0.3, 0.4) is 0 Å². The number of nitrogens with zero attached hydrogens (tertiary/aromatic N) is 2. The third kappa shape index (κ3) is 2.82. The van der Waals surface area contributed by atoms with Gasteiger partial charge in [-0.15, -0.1) is 0 Å². The number of carbonyl (C=O) groups excluding carboxylic acids is 1. The Morgan fingerprint density at radius 3 is 2.25 bits per heavy atom. The van der Waals surface area contributed by atoms with Crippen LogP contribution in [0.15, 0.2) is 54.6 Å². The second kappa shape index (κ2) is 6.31. The van der Waals surface area contributed by atoms with Crippen LogP contribution in [-0.2, 0) is 4.79 Å². The van der Waals surface area contributed by atoms with Gasteiger partial charge >= 0.3 is 0 Å². The molecule has 24 heavy (non-hydrogen) atoms. The Balaban J connectivity index is 1.88. The van der Waals surface area contributed by atoms with Crippen LogP contribution >= 0.6 is 0 Å². The van der Waals surface area contributed by atoms with Gasteiger partial charge in [-0.3, -0.25) is 14.9 Å². The third-order valence-electron chi connectivity index (χ3n) is 4.09. The van der Waals surface area contributed by atoms with Crippen molar-refractivity contribution >= 4 is 11.6 Å². The van der Waals surface area contributed by atoms with Gasteiger partial charge < -0.3 is 9.64 Å². The number of benzene rings is 2. The van der Waals surface area contributed by atoms with Crippen LogP contribution in [-0.4, -0.2) is 27.9 Å². The lowest BCUT2D eigenvalue weighted by Gasteiger charge is -2.49. The molecule has 0 bridgehead atoms. The van der Waals surface area contributed by atoms with E-state index >= 15 is 0 Å². The molecular weight excluding hydrogens is 308 g/mol. The zero-order valence-corrected chi connectivity index (χ0v) is 13.5. The molecule has 6 nitrogen and oxygen atoms in total. The Hall–Kier alpha value is -2.89. The molecule has 1 amide bonds. The summed E-state index contributed by atoms with van der Waals surface area (Å²) in [6, 6.07) is 15.2. The van der Waals surface area contributed by atoms with Crippen LogP contribution in [0, 0.1) is 10.1 Å². The first-order valence-electron chi connectivity index (χ1n) is 7.77. The maximum atomic E-state index is 12.5. The molecule has 1 saturated heterocycles. The average Bonchev–Trinajstić information content (AvgIpc) is 2.58. The number of non-ortho nitro benzene ring substituents is 1. The number of rotatable bonds is 5. The van der Waals surface area contributed by atoms with Crippen LogP contribution in [0.4, 0.5) is 5.69 Å². The summed E-state index contributed by atoms with van der Waals surface area (Å²) in [6.07, 6.45) is -0.615. The summed E-state index contributed by atoms with van der Waals surface area (Å²) < 4.78 is 5.86. The molecule has 1 fully saturated rings. The molecule has 3 rings (SSSR count). The average molecular weight is 326 g/mol. The predicted octanol–water partition coefficient (Wildman–Crippen LogP) is 3.33. The molecular formula is C18H18N2O4. The van der Waals surface area contributed by atoms with E-state index in [-0.39, 0.29) is 23.7 Å². The molecule has 2 aromatic carbocycles. The Labute approximate surface area is 139 Å². The van der Waals surface area contributed by atoms with Gasteiger partial charge in [-0.2, -0.15) is 0 Å². The molecule has 0 aromatic heterocycles. The van der Waals surface area contributed by atoms with Crippen LogP contribution in [0.5, 0.6) is 5.75 Å². The second-order valence-corrected chi connectivity index (χ2v) is 5.98. The lowest BCUT2D eigenvalue weighted by molar-refractivity contribution is -0.384. The van der Waals surface area contributed by atoms with E-state index in [1.165, 1.54) is 12.1 Å². The molecule has 0 unspecified atom stereocenters. The van der Waals surface area contributed by atoms with Gasteiger partial charge in [0.25, 0.3) is 11.6 Å². The maximum Gasteiger partial charge on any atom is 0.269 e. The van der Waals surface area contributed by atoms with Crippen molar-refractivity contribution in [1.29, 1.82) is 0 Å². The van der Waals surface area contributed by atoms with E-state index < -0.39 is 11.0 Å². The molecule has 0 saturated carbocycles. The van der Waals surface area contributed by atoms with Crippen molar-refractivity contribution in [2.45, 2.75) is 32.0 Å². The minimum Gasteiger partial charge on any atom is -0.478 e. The Bertz CT molecular complexity index is 743. The summed E-state index contributed by atoms with van der Waals surface area (Å²) in [6.45, 7) is 3.88. The molecule has 2 aromatic rings. The van der Waals surface area contributed by atoms with Crippen molar-refractivity contribution < 1.29 is 14.5 Å². The fourth-order valence-electron chi connectivity index (χ4n) is 2.95. The van der Waals surface area contributed by atoms with E-state index in [9.17, 15) is 14.9 Å². The topological polar surface area (TPSA) is 72.7 Å². The number of carbonyl (C=O) groups is 1. The lowest BCUT2D eigenvalue weighted by atomic mass is 9.89. The summed E-state index contributed by atoms with van der Waals surface area (Å²) in [4.78, 5) is 24.6. The highest BCUT2D eigenvalue weighted by Crippen LogP contribution is 2.39. The number of hydrogen-bond donors (Lipinski definition) is 0. The predicted molar refractivity (Wildman–Crippen MR) is 88.7 cm³/mol. The van der Waals surface area contributed by atoms with Crippen LogP contribution in [0.25, 0.3) is 0 Å². The minimum absolute atomic E-state index is 0.0216. The number of amides is 1. The molecule has 0 spiro atoms. The highest BCUT2D eigenvalue weighted by molar-refractivity contribution is 5.89. The monoisotopic (exact) mass is 326 g/mol. The summed E-state index contributed by atoms with van der Waals surface area (Å²) in [5, 5.41) is 10.8. The van der Waals surface area contributed by atoms with Crippen molar-refractivity contribution in [2.24, 2.45) is 0 Å². The summed E-state index contributed by atoms with van der Waals surface area (Å²) in [5.74, 6) is 0.559. The zero-order chi connectivity index (χ0) is 17.3. The summed E-state index contributed by atoms with van der Waals surface area (Å²) in [5.41, 5.74) is 0.857. The number of ether oxygens (including phenoxy) is 1. The molecule has 1 aliphatic rings. The first kappa shape index (κ1) is 16.0. The summed E-state index contributed by atoms with van der Waals surface area (Å²) in [7, 11) is 0. The number of hydrogen-bond acceptors (Lipinski definition) is 4. The van der Waals surface area contributed by atoms with Gasteiger partial charge in [0.2, 0.25) is 6.10 Å². The first-order chi connectivity index (χ1) is 11.5. The molecule has 0 aliphatic carbocycles. The van der Waals surface area contributed by atoms with Crippen molar-refractivity contribution in [2.75, 3.05) is 0 Å². The van der Waals surface area contributed by atoms with Crippen molar-refractivity contribution in [3.63, 3.8) is 0 Å². The Morgan fingerprint density at radius 1 is 1.08 bits per heavy atom. The van der Waals surface area contributed by atoms with E-state index in [4.69, 9.17) is 4.74 Å². The molecule has 124 valence electrons. The van der Waals surface area contributed by atoms with E-state index in [0.717, 1.165) is 5.56 Å². The third-order valence-corrected chi connectivity index (χ3v) is 4.09. The van der Waals surface area contributed by atoms with E-state index in [1.54, 1.807) is 29.2 Å². The van der Waals surface area contributed by atoms with Gasteiger partial charge in [0.1, 0.15) is 11.8 Å². The maximum absolute atomic E-state index is 12.5. The fraction of sp³-hybridized carbons (Fsp3) is 0.278. The van der Waals surface area contributed by atoms with E-state index in [1.807, 2.05) is 32.0 Å². The number of nitro benzene ring substituents is 1. The SMILES string of the molecule is CC(C)N1C(=O)[C@@H](Oc2ccccc2)[C@H]1c1ccc([N+](=O)[O-])cc1.